The Balaban J connectivity index is 1.16. The Hall–Kier alpha value is -3.26. The lowest BCUT2D eigenvalue weighted by Crippen LogP contribution is -2.46. The van der Waals surface area contributed by atoms with Crippen molar-refractivity contribution in [2.24, 2.45) is 0 Å². The molecule has 2 aromatic carbocycles. The average Bonchev–Trinajstić information content (AvgIpc) is 3.29. The number of benzene rings is 2. The maximum absolute atomic E-state index is 4.75. The highest BCUT2D eigenvalue weighted by Gasteiger charge is 2.17. The molecule has 0 radical (unpaired) electrons. The normalized spacial score (nSPS) is 15.2. The van der Waals surface area contributed by atoms with Gasteiger partial charge in [0.15, 0.2) is 5.82 Å². The first kappa shape index (κ1) is 18.7. The zero-order valence-electron chi connectivity index (χ0n) is 17.2. The molecule has 1 saturated heterocycles. The van der Waals surface area contributed by atoms with Crippen LogP contribution in [0.15, 0.2) is 48.5 Å². The fourth-order valence-corrected chi connectivity index (χ4v) is 4.06. The van der Waals surface area contributed by atoms with E-state index in [0.717, 1.165) is 68.1 Å². The largest absolute Gasteiger partial charge is 0.369 e. The lowest BCUT2D eigenvalue weighted by molar-refractivity contribution is 0.257. The topological polar surface area (TPSA) is 74.5 Å². The van der Waals surface area contributed by atoms with Crippen molar-refractivity contribution in [1.29, 1.82) is 0 Å². The first-order valence-corrected chi connectivity index (χ1v) is 10.5. The smallest absolute Gasteiger partial charge is 0.222 e. The van der Waals surface area contributed by atoms with Gasteiger partial charge in [-0.2, -0.15) is 4.52 Å². The van der Waals surface area contributed by atoms with Crippen LogP contribution in [0.2, 0.25) is 0 Å². The minimum atomic E-state index is 0.671. The maximum Gasteiger partial charge on any atom is 0.222 e. The van der Waals surface area contributed by atoms with Crippen LogP contribution in [-0.4, -0.2) is 69.2 Å². The van der Waals surface area contributed by atoms with Crippen LogP contribution in [0.3, 0.4) is 0 Å². The van der Waals surface area contributed by atoms with Crippen LogP contribution >= 0.6 is 0 Å². The minimum absolute atomic E-state index is 0.671. The molecule has 8 heteroatoms. The standard InChI is InChI=1S/C22H26N8/c1-17-8-9-19-20(16-17)30-22(25-26-27-30)21(24-19)23-10-5-11-28-12-14-29(15-13-28)18-6-3-2-4-7-18/h2-4,6-9,16H,5,10-15H2,1H3,(H,23,24). The van der Waals surface area contributed by atoms with Gasteiger partial charge in [0.05, 0.1) is 11.0 Å². The number of hydrogen-bond donors (Lipinski definition) is 1. The van der Waals surface area contributed by atoms with Gasteiger partial charge in [-0.3, -0.25) is 4.90 Å². The van der Waals surface area contributed by atoms with Crippen LogP contribution < -0.4 is 10.2 Å². The van der Waals surface area contributed by atoms with E-state index in [1.165, 1.54) is 5.69 Å². The van der Waals surface area contributed by atoms with Gasteiger partial charge in [0.2, 0.25) is 5.65 Å². The van der Waals surface area contributed by atoms with Crippen molar-refractivity contribution in [3.05, 3.63) is 54.1 Å². The van der Waals surface area contributed by atoms with Crippen LogP contribution in [0.4, 0.5) is 11.5 Å². The molecule has 1 N–H and O–H groups in total. The molecule has 0 unspecified atom stereocenters. The number of fused-ring (bicyclic) bond motifs is 3. The van der Waals surface area contributed by atoms with Crippen LogP contribution in [0.1, 0.15) is 12.0 Å². The molecule has 8 nitrogen and oxygen atoms in total. The molecule has 3 heterocycles. The SMILES string of the molecule is Cc1ccc2nc(NCCCN3CCN(c4ccccc4)CC3)c3nnnn3c2c1. The number of anilines is 2. The average molecular weight is 403 g/mol. The predicted molar refractivity (Wildman–Crippen MR) is 119 cm³/mol. The minimum Gasteiger partial charge on any atom is -0.369 e. The van der Waals surface area contributed by atoms with Gasteiger partial charge in [-0.25, -0.2) is 4.98 Å². The zero-order valence-corrected chi connectivity index (χ0v) is 17.2. The molecule has 1 fully saturated rings. The second-order valence-corrected chi connectivity index (χ2v) is 7.81. The molecule has 1 aliphatic heterocycles. The monoisotopic (exact) mass is 402 g/mol. The van der Waals surface area contributed by atoms with Crippen molar-refractivity contribution in [2.75, 3.05) is 49.5 Å². The lowest BCUT2D eigenvalue weighted by Gasteiger charge is -2.36. The van der Waals surface area contributed by atoms with Crippen molar-refractivity contribution >= 4 is 28.2 Å². The first-order chi connectivity index (χ1) is 14.8. The van der Waals surface area contributed by atoms with Crippen molar-refractivity contribution in [1.82, 2.24) is 29.9 Å². The number of rotatable bonds is 6. The predicted octanol–water partition coefficient (Wildman–Crippen LogP) is 2.61. The van der Waals surface area contributed by atoms with Gasteiger partial charge >= 0.3 is 0 Å². The number of aromatic nitrogens is 5. The van der Waals surface area contributed by atoms with E-state index in [-0.39, 0.29) is 0 Å². The molecule has 30 heavy (non-hydrogen) atoms. The van der Waals surface area contributed by atoms with E-state index in [0.29, 0.717) is 5.65 Å². The van der Waals surface area contributed by atoms with Gasteiger partial charge in [-0.05, 0) is 60.1 Å². The number of tetrazole rings is 1. The molecule has 5 rings (SSSR count). The Morgan fingerprint density at radius 2 is 1.83 bits per heavy atom. The summed E-state index contributed by atoms with van der Waals surface area (Å²) in [5.41, 5.74) is 4.97. The highest BCUT2D eigenvalue weighted by atomic mass is 15.5. The van der Waals surface area contributed by atoms with Crippen molar-refractivity contribution < 1.29 is 0 Å². The molecular formula is C22H26N8. The third-order valence-electron chi connectivity index (χ3n) is 5.71. The molecule has 154 valence electrons. The number of aryl methyl sites for hydroxylation is 1. The molecule has 0 aliphatic carbocycles. The number of nitrogens with zero attached hydrogens (tertiary/aromatic N) is 7. The van der Waals surface area contributed by atoms with Gasteiger partial charge in [0, 0.05) is 38.4 Å². The van der Waals surface area contributed by atoms with Crippen LogP contribution in [0, 0.1) is 6.92 Å². The van der Waals surface area contributed by atoms with E-state index in [9.17, 15) is 0 Å². The van der Waals surface area contributed by atoms with E-state index < -0.39 is 0 Å². The molecule has 0 amide bonds. The summed E-state index contributed by atoms with van der Waals surface area (Å²) in [6.45, 7) is 8.32. The molecule has 1 aliphatic rings. The fourth-order valence-electron chi connectivity index (χ4n) is 4.06. The quantitative estimate of drug-likeness (QED) is 0.497. The number of nitrogens with one attached hydrogen (secondary N) is 1. The molecule has 2 aromatic heterocycles. The fraction of sp³-hybridized carbons (Fsp3) is 0.364. The van der Waals surface area contributed by atoms with Crippen LogP contribution in [0.5, 0.6) is 0 Å². The summed E-state index contributed by atoms with van der Waals surface area (Å²) >= 11 is 0. The summed E-state index contributed by atoms with van der Waals surface area (Å²) in [6, 6.07) is 16.8. The first-order valence-electron chi connectivity index (χ1n) is 10.5. The third-order valence-corrected chi connectivity index (χ3v) is 5.71. The summed E-state index contributed by atoms with van der Waals surface area (Å²) in [7, 11) is 0. The Morgan fingerprint density at radius 1 is 1.00 bits per heavy atom. The Kier molecular flexibility index (Phi) is 5.15. The molecular weight excluding hydrogens is 376 g/mol. The van der Waals surface area contributed by atoms with E-state index in [1.807, 2.05) is 6.07 Å². The van der Waals surface area contributed by atoms with Gasteiger partial charge in [-0.15, -0.1) is 5.10 Å². The summed E-state index contributed by atoms with van der Waals surface area (Å²) in [6.07, 6.45) is 1.05. The Morgan fingerprint density at radius 3 is 2.67 bits per heavy atom. The van der Waals surface area contributed by atoms with E-state index >= 15 is 0 Å². The van der Waals surface area contributed by atoms with Gasteiger partial charge in [-0.1, -0.05) is 24.3 Å². The lowest BCUT2D eigenvalue weighted by atomic mass is 10.2. The summed E-state index contributed by atoms with van der Waals surface area (Å²) in [4.78, 5) is 9.75. The van der Waals surface area contributed by atoms with Crippen LogP contribution in [-0.2, 0) is 0 Å². The number of hydrogen-bond acceptors (Lipinski definition) is 7. The molecule has 0 atom stereocenters. The maximum atomic E-state index is 4.75. The third kappa shape index (κ3) is 3.78. The Labute approximate surface area is 175 Å². The molecule has 4 aromatic rings. The van der Waals surface area contributed by atoms with Crippen molar-refractivity contribution in [2.45, 2.75) is 13.3 Å². The molecule has 0 saturated carbocycles. The van der Waals surface area contributed by atoms with E-state index in [4.69, 9.17) is 4.98 Å². The van der Waals surface area contributed by atoms with Crippen molar-refractivity contribution in [3.8, 4) is 0 Å². The van der Waals surface area contributed by atoms with Gasteiger partial charge < -0.3 is 10.2 Å². The van der Waals surface area contributed by atoms with Gasteiger partial charge in [0.1, 0.15) is 0 Å². The number of para-hydroxylation sites is 1. The van der Waals surface area contributed by atoms with E-state index in [2.05, 4.69) is 80.0 Å². The summed E-state index contributed by atoms with van der Waals surface area (Å²) < 4.78 is 1.76. The van der Waals surface area contributed by atoms with Crippen molar-refractivity contribution in [3.63, 3.8) is 0 Å². The van der Waals surface area contributed by atoms with Gasteiger partial charge in [0.25, 0.3) is 0 Å². The van der Waals surface area contributed by atoms with Crippen LogP contribution in [0.25, 0.3) is 16.7 Å². The second-order valence-electron chi connectivity index (χ2n) is 7.81. The second kappa shape index (κ2) is 8.23. The summed E-state index contributed by atoms with van der Waals surface area (Å²) in [5.74, 6) is 0.741. The highest BCUT2D eigenvalue weighted by molar-refractivity contribution is 5.82. The highest BCUT2D eigenvalue weighted by Crippen LogP contribution is 2.20. The zero-order chi connectivity index (χ0) is 20.3. The number of piperazine rings is 1. The molecule has 0 spiro atoms. The Bertz CT molecular complexity index is 1130. The summed E-state index contributed by atoms with van der Waals surface area (Å²) in [5, 5.41) is 15.6. The molecule has 0 bridgehead atoms. The van der Waals surface area contributed by atoms with E-state index in [1.54, 1.807) is 4.52 Å².